The molecule has 0 unspecified atom stereocenters. The Hall–Kier alpha value is -2.00. The SMILES string of the molecule is COCCN1C(N)=C(C#N)[C@@H](c2ccc(Cl)cc2Cl)C2=C1CC(C)(C)CC2=O. The Morgan fingerprint density at radius 3 is 2.68 bits per heavy atom. The van der Waals surface area contributed by atoms with Crippen molar-refractivity contribution >= 4 is 29.0 Å². The van der Waals surface area contributed by atoms with Crippen LogP contribution in [0.2, 0.25) is 10.0 Å². The molecule has 7 heteroatoms. The van der Waals surface area contributed by atoms with Crippen molar-refractivity contribution in [2.45, 2.75) is 32.6 Å². The zero-order valence-corrected chi connectivity index (χ0v) is 17.7. The lowest BCUT2D eigenvalue weighted by Crippen LogP contribution is -2.43. The van der Waals surface area contributed by atoms with Gasteiger partial charge in [-0.3, -0.25) is 4.79 Å². The van der Waals surface area contributed by atoms with Gasteiger partial charge in [-0.1, -0.05) is 43.1 Å². The number of ether oxygens (including phenoxy) is 1. The highest BCUT2D eigenvalue weighted by atomic mass is 35.5. The molecular formula is C21H23Cl2N3O2. The van der Waals surface area contributed by atoms with E-state index in [4.69, 9.17) is 33.7 Å². The normalized spacial score (nSPS) is 21.6. The average molecular weight is 420 g/mol. The number of hydrogen-bond acceptors (Lipinski definition) is 5. The summed E-state index contributed by atoms with van der Waals surface area (Å²) in [7, 11) is 1.61. The van der Waals surface area contributed by atoms with E-state index >= 15 is 0 Å². The first-order chi connectivity index (χ1) is 13.2. The van der Waals surface area contributed by atoms with Crippen LogP contribution in [0.1, 0.15) is 38.2 Å². The van der Waals surface area contributed by atoms with Gasteiger partial charge in [-0.05, 0) is 29.5 Å². The van der Waals surface area contributed by atoms with Crippen molar-refractivity contribution in [3.63, 3.8) is 0 Å². The van der Waals surface area contributed by atoms with Crippen molar-refractivity contribution < 1.29 is 9.53 Å². The van der Waals surface area contributed by atoms with E-state index in [1.54, 1.807) is 25.3 Å². The summed E-state index contributed by atoms with van der Waals surface area (Å²) in [5, 5.41) is 10.8. The molecule has 0 spiro atoms. The summed E-state index contributed by atoms with van der Waals surface area (Å²) in [6.45, 7) is 5.02. The van der Waals surface area contributed by atoms with Crippen molar-refractivity contribution in [3.05, 3.63) is 56.5 Å². The Morgan fingerprint density at radius 1 is 1.36 bits per heavy atom. The highest BCUT2D eigenvalue weighted by molar-refractivity contribution is 6.35. The molecule has 0 amide bonds. The standard InChI is InChI=1S/C21H23Cl2N3O2/c1-21(2)9-16-19(17(27)10-21)18(13-5-4-12(22)8-15(13)23)14(11-24)20(25)26(16)6-7-28-3/h4-5,8,18H,6-7,9-10,25H2,1-3H3/t18-/m1/s1. The first-order valence-electron chi connectivity index (χ1n) is 9.07. The van der Waals surface area contributed by atoms with E-state index in [1.807, 2.05) is 4.90 Å². The molecule has 1 atom stereocenters. The van der Waals surface area contributed by atoms with Crippen LogP contribution in [0.5, 0.6) is 0 Å². The molecular weight excluding hydrogens is 397 g/mol. The van der Waals surface area contributed by atoms with Crippen LogP contribution in [0.15, 0.2) is 40.9 Å². The first-order valence-corrected chi connectivity index (χ1v) is 9.83. The number of benzene rings is 1. The van der Waals surface area contributed by atoms with Gasteiger partial charge in [0.05, 0.1) is 24.2 Å². The number of methoxy groups -OCH3 is 1. The Balaban J connectivity index is 2.25. The zero-order chi connectivity index (χ0) is 20.6. The molecule has 0 saturated carbocycles. The van der Waals surface area contributed by atoms with Crippen LogP contribution in [-0.4, -0.2) is 30.9 Å². The quantitative estimate of drug-likeness (QED) is 0.782. The van der Waals surface area contributed by atoms with Crippen LogP contribution in [-0.2, 0) is 9.53 Å². The molecule has 1 aromatic rings. The Kier molecular flexibility index (Phi) is 5.77. The maximum absolute atomic E-state index is 13.2. The van der Waals surface area contributed by atoms with E-state index in [2.05, 4.69) is 19.9 Å². The fourth-order valence-electron chi connectivity index (χ4n) is 4.06. The van der Waals surface area contributed by atoms with Crippen LogP contribution < -0.4 is 5.73 Å². The van der Waals surface area contributed by atoms with Crippen molar-refractivity contribution in [1.29, 1.82) is 5.26 Å². The van der Waals surface area contributed by atoms with Gasteiger partial charge in [-0.15, -0.1) is 0 Å². The molecule has 28 heavy (non-hydrogen) atoms. The minimum atomic E-state index is -0.591. The van der Waals surface area contributed by atoms with Gasteiger partial charge in [0, 0.05) is 41.4 Å². The molecule has 2 N–H and O–H groups in total. The molecule has 3 rings (SSSR count). The average Bonchev–Trinajstić information content (AvgIpc) is 2.59. The maximum atomic E-state index is 13.2. The number of hydrogen-bond donors (Lipinski definition) is 1. The van der Waals surface area contributed by atoms with Gasteiger partial charge in [0.2, 0.25) is 0 Å². The Bertz CT molecular complexity index is 928. The third-order valence-electron chi connectivity index (χ3n) is 5.28. The third kappa shape index (κ3) is 3.65. The number of rotatable bonds is 4. The van der Waals surface area contributed by atoms with Crippen LogP contribution in [0, 0.1) is 16.7 Å². The van der Waals surface area contributed by atoms with E-state index in [0.29, 0.717) is 58.6 Å². The second-order valence-electron chi connectivity index (χ2n) is 7.96. The van der Waals surface area contributed by atoms with Gasteiger partial charge in [-0.25, -0.2) is 0 Å². The number of nitriles is 1. The number of ketones is 1. The Morgan fingerprint density at radius 2 is 2.07 bits per heavy atom. The van der Waals surface area contributed by atoms with E-state index in [0.717, 1.165) is 5.70 Å². The number of carbonyl (C=O) groups is 1. The van der Waals surface area contributed by atoms with Crippen molar-refractivity contribution in [3.8, 4) is 6.07 Å². The van der Waals surface area contributed by atoms with Crippen molar-refractivity contribution in [2.75, 3.05) is 20.3 Å². The fraction of sp³-hybridized carbons (Fsp3) is 0.429. The number of Topliss-reactive ketones (excluding diaryl/α,β-unsaturated/α-hetero) is 1. The molecule has 1 aromatic carbocycles. The molecule has 2 aliphatic rings. The van der Waals surface area contributed by atoms with E-state index in [1.165, 1.54) is 0 Å². The van der Waals surface area contributed by atoms with Crippen molar-refractivity contribution in [2.24, 2.45) is 11.1 Å². The molecule has 5 nitrogen and oxygen atoms in total. The zero-order valence-electron chi connectivity index (χ0n) is 16.2. The van der Waals surface area contributed by atoms with Gasteiger partial charge in [0.15, 0.2) is 5.78 Å². The van der Waals surface area contributed by atoms with Gasteiger partial charge in [-0.2, -0.15) is 5.26 Å². The van der Waals surface area contributed by atoms with E-state index in [-0.39, 0.29) is 11.2 Å². The molecule has 0 bridgehead atoms. The molecule has 1 heterocycles. The summed E-state index contributed by atoms with van der Waals surface area (Å²) in [6, 6.07) is 7.32. The maximum Gasteiger partial charge on any atom is 0.162 e. The van der Waals surface area contributed by atoms with Gasteiger partial charge in [0.1, 0.15) is 5.82 Å². The number of nitrogens with two attached hydrogens (primary N) is 1. The third-order valence-corrected chi connectivity index (χ3v) is 5.84. The highest BCUT2D eigenvalue weighted by Crippen LogP contribution is 2.50. The number of carbonyl (C=O) groups excluding carboxylic acids is 1. The lowest BCUT2D eigenvalue weighted by Gasteiger charge is -2.43. The molecule has 148 valence electrons. The second-order valence-corrected chi connectivity index (χ2v) is 8.80. The van der Waals surface area contributed by atoms with E-state index in [9.17, 15) is 10.1 Å². The van der Waals surface area contributed by atoms with Crippen LogP contribution in [0.25, 0.3) is 0 Å². The first kappa shape index (κ1) is 20.7. The number of allylic oxidation sites excluding steroid dienone is 3. The van der Waals surface area contributed by atoms with Gasteiger partial charge >= 0.3 is 0 Å². The number of halogens is 2. The molecule has 1 aliphatic heterocycles. The molecule has 0 aromatic heterocycles. The van der Waals surface area contributed by atoms with Gasteiger partial charge in [0.25, 0.3) is 0 Å². The largest absolute Gasteiger partial charge is 0.384 e. The predicted molar refractivity (Wildman–Crippen MR) is 110 cm³/mol. The number of nitrogens with zero attached hydrogens (tertiary/aromatic N) is 2. The van der Waals surface area contributed by atoms with Crippen molar-refractivity contribution in [1.82, 2.24) is 4.90 Å². The van der Waals surface area contributed by atoms with Crippen LogP contribution in [0.3, 0.4) is 0 Å². The predicted octanol–water partition coefficient (Wildman–Crippen LogP) is 4.38. The van der Waals surface area contributed by atoms with E-state index < -0.39 is 5.92 Å². The monoisotopic (exact) mass is 419 g/mol. The topological polar surface area (TPSA) is 79.3 Å². The molecule has 1 aliphatic carbocycles. The van der Waals surface area contributed by atoms with Gasteiger partial charge < -0.3 is 15.4 Å². The van der Waals surface area contributed by atoms with Crippen LogP contribution in [0.4, 0.5) is 0 Å². The molecule has 0 saturated heterocycles. The fourth-order valence-corrected chi connectivity index (χ4v) is 4.58. The summed E-state index contributed by atoms with van der Waals surface area (Å²) in [5.41, 5.74) is 8.69. The summed E-state index contributed by atoms with van der Waals surface area (Å²) >= 11 is 12.5. The summed E-state index contributed by atoms with van der Waals surface area (Å²) in [4.78, 5) is 15.1. The summed E-state index contributed by atoms with van der Waals surface area (Å²) in [5.74, 6) is -0.225. The molecule has 0 fully saturated rings. The second kappa shape index (κ2) is 7.79. The lowest BCUT2D eigenvalue weighted by atomic mass is 9.68. The minimum Gasteiger partial charge on any atom is -0.384 e. The Labute approximate surface area is 175 Å². The van der Waals surface area contributed by atoms with Crippen LogP contribution >= 0.6 is 23.2 Å². The minimum absolute atomic E-state index is 0.0185. The lowest BCUT2D eigenvalue weighted by molar-refractivity contribution is -0.118. The molecule has 0 radical (unpaired) electrons. The summed E-state index contributed by atoms with van der Waals surface area (Å²) in [6.07, 6.45) is 1.09. The smallest absolute Gasteiger partial charge is 0.162 e. The summed E-state index contributed by atoms with van der Waals surface area (Å²) < 4.78 is 5.22. The highest BCUT2D eigenvalue weighted by Gasteiger charge is 2.44.